The molecule has 0 spiro atoms. The Kier molecular flexibility index (Phi) is 7.00. The first-order valence-corrected chi connectivity index (χ1v) is 8.25. The van der Waals surface area contributed by atoms with E-state index in [1.807, 2.05) is 0 Å². The number of methoxy groups -OCH3 is 1. The minimum atomic E-state index is -0.651. The molecule has 0 fully saturated rings. The highest BCUT2D eigenvalue weighted by Gasteiger charge is 2.12. The fourth-order valence-corrected chi connectivity index (χ4v) is 2.27. The molecule has 1 N–H and O–H groups in total. The van der Waals surface area contributed by atoms with Crippen molar-refractivity contribution in [3.63, 3.8) is 0 Å². The molecule has 0 saturated carbocycles. The number of anilines is 1. The van der Waals surface area contributed by atoms with Gasteiger partial charge in [-0.2, -0.15) is 0 Å². The van der Waals surface area contributed by atoms with E-state index in [0.29, 0.717) is 16.3 Å². The average Bonchev–Trinajstić information content (AvgIpc) is 2.65. The molecule has 1 aromatic carbocycles. The molecule has 0 atom stereocenters. The summed E-state index contributed by atoms with van der Waals surface area (Å²) in [6, 6.07) is 7.10. The molecule has 2 rings (SSSR count). The number of nitrogens with one attached hydrogen (secondary N) is 1. The Labute approximate surface area is 160 Å². The van der Waals surface area contributed by atoms with Crippen molar-refractivity contribution in [1.29, 1.82) is 0 Å². The Balaban J connectivity index is 1.85. The van der Waals surface area contributed by atoms with Crippen LogP contribution in [0.2, 0.25) is 10.0 Å². The normalized spacial score (nSPS) is 10.6. The lowest BCUT2D eigenvalue weighted by atomic mass is 10.2. The van der Waals surface area contributed by atoms with Gasteiger partial charge in [-0.05, 0) is 36.3 Å². The van der Waals surface area contributed by atoms with Crippen LogP contribution in [-0.2, 0) is 14.3 Å². The Bertz CT molecular complexity index is 836. The van der Waals surface area contributed by atoms with Crippen molar-refractivity contribution < 1.29 is 19.1 Å². The van der Waals surface area contributed by atoms with Crippen LogP contribution < -0.4 is 10.1 Å². The molecule has 8 heteroatoms. The molecule has 2 aromatic rings. The Hall–Kier alpha value is -2.57. The largest absolute Gasteiger partial charge is 0.497 e. The molecule has 136 valence electrons. The van der Waals surface area contributed by atoms with E-state index in [0.717, 1.165) is 5.56 Å². The predicted octanol–water partition coefficient (Wildman–Crippen LogP) is 3.90. The lowest BCUT2D eigenvalue weighted by Crippen LogP contribution is -2.21. The van der Waals surface area contributed by atoms with Crippen molar-refractivity contribution >= 4 is 47.0 Å². The fraction of sp³-hybridized carbons (Fsp3) is 0.167. The second-order valence-electron chi connectivity index (χ2n) is 5.16. The van der Waals surface area contributed by atoms with E-state index in [2.05, 4.69) is 10.3 Å². The van der Waals surface area contributed by atoms with Crippen molar-refractivity contribution in [2.45, 2.75) is 6.92 Å². The van der Waals surface area contributed by atoms with Gasteiger partial charge in [0.1, 0.15) is 5.75 Å². The number of esters is 1. The van der Waals surface area contributed by atoms with Crippen molar-refractivity contribution in [3.8, 4) is 5.75 Å². The van der Waals surface area contributed by atoms with Gasteiger partial charge in [-0.3, -0.25) is 4.79 Å². The number of hydrogen-bond acceptors (Lipinski definition) is 5. The van der Waals surface area contributed by atoms with Crippen molar-refractivity contribution in [2.24, 2.45) is 0 Å². The number of ether oxygens (including phenoxy) is 2. The Morgan fingerprint density at radius 1 is 1.23 bits per heavy atom. The van der Waals surface area contributed by atoms with E-state index >= 15 is 0 Å². The number of rotatable bonds is 6. The molecule has 1 aromatic heterocycles. The maximum atomic E-state index is 11.9. The third-order valence-electron chi connectivity index (χ3n) is 3.33. The summed E-state index contributed by atoms with van der Waals surface area (Å²) in [5.41, 5.74) is 1.39. The maximum absolute atomic E-state index is 11.9. The third kappa shape index (κ3) is 5.47. The van der Waals surface area contributed by atoms with Gasteiger partial charge in [0.15, 0.2) is 12.4 Å². The van der Waals surface area contributed by atoms with Crippen LogP contribution in [0, 0.1) is 6.92 Å². The summed E-state index contributed by atoms with van der Waals surface area (Å²) in [5.74, 6) is -0.343. The van der Waals surface area contributed by atoms with Gasteiger partial charge in [-0.25, -0.2) is 9.78 Å². The van der Waals surface area contributed by atoms with Gasteiger partial charge in [0.25, 0.3) is 5.91 Å². The molecule has 0 saturated heterocycles. The van der Waals surface area contributed by atoms with Gasteiger partial charge < -0.3 is 14.8 Å². The molecular formula is C18H16Cl2N2O4. The Morgan fingerprint density at radius 3 is 2.58 bits per heavy atom. The molecule has 6 nitrogen and oxygen atoms in total. The molecule has 0 aliphatic carbocycles. The van der Waals surface area contributed by atoms with Crippen LogP contribution in [0.4, 0.5) is 5.82 Å². The minimum Gasteiger partial charge on any atom is -0.497 e. The van der Waals surface area contributed by atoms with E-state index < -0.39 is 18.5 Å². The lowest BCUT2D eigenvalue weighted by molar-refractivity contribution is -0.142. The van der Waals surface area contributed by atoms with Gasteiger partial charge in [0.05, 0.1) is 17.2 Å². The number of carbonyl (C=O) groups is 2. The monoisotopic (exact) mass is 394 g/mol. The zero-order chi connectivity index (χ0) is 19.1. The van der Waals surface area contributed by atoms with Crippen LogP contribution >= 0.6 is 23.2 Å². The number of aromatic nitrogens is 1. The number of amides is 1. The Morgan fingerprint density at radius 2 is 1.92 bits per heavy atom. The van der Waals surface area contributed by atoms with Crippen LogP contribution in [0.5, 0.6) is 5.75 Å². The zero-order valence-electron chi connectivity index (χ0n) is 14.1. The van der Waals surface area contributed by atoms with Crippen LogP contribution in [0.15, 0.2) is 36.5 Å². The predicted molar refractivity (Wildman–Crippen MR) is 101 cm³/mol. The smallest absolute Gasteiger partial charge is 0.331 e. The summed E-state index contributed by atoms with van der Waals surface area (Å²) < 4.78 is 9.93. The summed E-state index contributed by atoms with van der Waals surface area (Å²) in [5, 5.41) is 3.09. The van der Waals surface area contributed by atoms with Gasteiger partial charge in [-0.1, -0.05) is 35.3 Å². The second kappa shape index (κ2) is 9.22. The summed E-state index contributed by atoms with van der Waals surface area (Å²) in [6.45, 7) is 1.23. The molecule has 1 amide bonds. The number of hydrogen-bond donors (Lipinski definition) is 1. The van der Waals surface area contributed by atoms with Gasteiger partial charge in [0, 0.05) is 12.3 Å². The van der Waals surface area contributed by atoms with Gasteiger partial charge in [-0.15, -0.1) is 0 Å². The quantitative estimate of drug-likeness (QED) is 0.593. The summed E-state index contributed by atoms with van der Waals surface area (Å²) in [7, 11) is 1.57. The van der Waals surface area contributed by atoms with E-state index in [1.165, 1.54) is 12.3 Å². The van der Waals surface area contributed by atoms with Crippen LogP contribution in [0.3, 0.4) is 0 Å². The molecular weight excluding hydrogens is 379 g/mol. The van der Waals surface area contributed by atoms with Crippen molar-refractivity contribution in [2.75, 3.05) is 19.0 Å². The van der Waals surface area contributed by atoms with Crippen LogP contribution in [0.25, 0.3) is 6.08 Å². The molecule has 0 unspecified atom stereocenters. The van der Waals surface area contributed by atoms with E-state index in [-0.39, 0.29) is 10.8 Å². The zero-order valence-corrected chi connectivity index (χ0v) is 15.6. The van der Waals surface area contributed by atoms with E-state index in [4.69, 9.17) is 32.7 Å². The standard InChI is InChI=1S/C18H16Cl2N2O4/c1-11-14(19)9-21-18(17(11)20)22-15(23)10-26-16(24)8-5-12-3-6-13(25-2)7-4-12/h3-9H,10H2,1-2H3,(H,21,22,23)/b8-5+. The number of pyridine rings is 1. The minimum absolute atomic E-state index is 0.156. The summed E-state index contributed by atoms with van der Waals surface area (Å²) in [4.78, 5) is 27.5. The molecule has 0 aliphatic rings. The first kappa shape index (κ1) is 19.8. The van der Waals surface area contributed by atoms with Crippen LogP contribution in [0.1, 0.15) is 11.1 Å². The van der Waals surface area contributed by atoms with E-state index in [1.54, 1.807) is 44.4 Å². The average molecular weight is 395 g/mol. The van der Waals surface area contributed by atoms with Crippen LogP contribution in [-0.4, -0.2) is 30.6 Å². The van der Waals surface area contributed by atoms with Crippen molar-refractivity contribution in [3.05, 3.63) is 57.7 Å². The number of benzene rings is 1. The first-order chi connectivity index (χ1) is 12.4. The summed E-state index contributed by atoms with van der Waals surface area (Å²) >= 11 is 11.9. The molecule has 0 bridgehead atoms. The molecule has 1 heterocycles. The second-order valence-corrected chi connectivity index (χ2v) is 5.94. The van der Waals surface area contributed by atoms with Crippen molar-refractivity contribution in [1.82, 2.24) is 4.98 Å². The first-order valence-electron chi connectivity index (χ1n) is 7.50. The topological polar surface area (TPSA) is 77.5 Å². The highest BCUT2D eigenvalue weighted by Crippen LogP contribution is 2.28. The lowest BCUT2D eigenvalue weighted by Gasteiger charge is -2.09. The summed E-state index contributed by atoms with van der Waals surface area (Å²) in [6.07, 6.45) is 4.18. The third-order valence-corrected chi connectivity index (χ3v) is 4.18. The number of carbonyl (C=O) groups excluding carboxylic acids is 2. The maximum Gasteiger partial charge on any atom is 0.331 e. The molecule has 0 aliphatic heterocycles. The fourth-order valence-electron chi connectivity index (χ4n) is 1.88. The molecule has 0 radical (unpaired) electrons. The highest BCUT2D eigenvalue weighted by atomic mass is 35.5. The number of nitrogens with zero attached hydrogens (tertiary/aromatic N) is 1. The van der Waals surface area contributed by atoms with Gasteiger partial charge in [0.2, 0.25) is 0 Å². The molecule has 26 heavy (non-hydrogen) atoms. The van der Waals surface area contributed by atoms with Gasteiger partial charge >= 0.3 is 5.97 Å². The number of halogens is 2. The SMILES string of the molecule is COc1ccc(/C=C/C(=O)OCC(=O)Nc2ncc(Cl)c(C)c2Cl)cc1. The highest BCUT2D eigenvalue weighted by molar-refractivity contribution is 6.37. The van der Waals surface area contributed by atoms with E-state index in [9.17, 15) is 9.59 Å².